The number of rotatable bonds is 9. The molecule has 0 fully saturated rings. The molecule has 2 aromatic carbocycles. The Kier molecular flexibility index (Phi) is 7.77. The van der Waals surface area contributed by atoms with Gasteiger partial charge in [0.15, 0.2) is 11.9 Å². The summed E-state index contributed by atoms with van der Waals surface area (Å²) < 4.78 is 10.3. The van der Waals surface area contributed by atoms with E-state index in [1.807, 2.05) is 0 Å². The second-order valence-electron chi connectivity index (χ2n) is 6.59. The minimum atomic E-state index is -1.21. The van der Waals surface area contributed by atoms with Crippen molar-refractivity contribution in [3.8, 4) is 0 Å². The highest BCUT2D eigenvalue weighted by atomic mass is 35.5. The number of ketones is 1. The maximum atomic E-state index is 12.9. The number of amides is 2. The van der Waals surface area contributed by atoms with Crippen LogP contribution in [0, 0.1) is 0 Å². The van der Waals surface area contributed by atoms with Gasteiger partial charge in [-0.3, -0.25) is 19.2 Å². The number of hydrogen-bond donors (Lipinski definition) is 2. The fourth-order valence-corrected chi connectivity index (χ4v) is 2.85. The second-order valence-corrected chi connectivity index (χ2v) is 7.02. The lowest BCUT2D eigenvalue weighted by molar-refractivity contribution is -0.147. The van der Waals surface area contributed by atoms with Gasteiger partial charge in [-0.1, -0.05) is 54.1 Å². The van der Waals surface area contributed by atoms with Gasteiger partial charge in [0.2, 0.25) is 11.7 Å². The Bertz CT molecular complexity index is 1080. The normalized spacial score (nSPS) is 11.3. The van der Waals surface area contributed by atoms with Crippen LogP contribution in [0.25, 0.3) is 0 Å². The molecule has 32 heavy (non-hydrogen) atoms. The lowest BCUT2D eigenvalue weighted by atomic mass is 10.00. The molecule has 0 aliphatic rings. The van der Waals surface area contributed by atoms with Crippen molar-refractivity contribution in [2.75, 3.05) is 13.1 Å². The highest BCUT2D eigenvalue weighted by molar-refractivity contribution is 6.30. The van der Waals surface area contributed by atoms with Gasteiger partial charge in [-0.15, -0.1) is 0 Å². The number of hydrogen-bond acceptors (Lipinski definition) is 6. The van der Waals surface area contributed by atoms with Crippen LogP contribution >= 0.6 is 11.6 Å². The molecule has 8 nitrogen and oxygen atoms in total. The van der Waals surface area contributed by atoms with Crippen LogP contribution in [0.5, 0.6) is 0 Å². The number of benzene rings is 2. The Morgan fingerprint density at radius 2 is 1.59 bits per heavy atom. The largest absolute Gasteiger partial charge is 0.459 e. The summed E-state index contributed by atoms with van der Waals surface area (Å²) in [5, 5.41) is 5.16. The van der Waals surface area contributed by atoms with Crippen molar-refractivity contribution < 1.29 is 28.3 Å². The van der Waals surface area contributed by atoms with Crippen LogP contribution in [0.3, 0.4) is 0 Å². The van der Waals surface area contributed by atoms with Gasteiger partial charge in [-0.25, -0.2) is 0 Å². The predicted molar refractivity (Wildman–Crippen MR) is 115 cm³/mol. The maximum Gasteiger partial charge on any atom is 0.326 e. The molecule has 0 aliphatic heterocycles. The highest BCUT2D eigenvalue weighted by Crippen LogP contribution is 2.24. The summed E-state index contributed by atoms with van der Waals surface area (Å²) in [6.07, 6.45) is 0.122. The van der Waals surface area contributed by atoms with Crippen LogP contribution in [-0.2, 0) is 14.3 Å². The van der Waals surface area contributed by atoms with Gasteiger partial charge in [0.1, 0.15) is 6.54 Å². The van der Waals surface area contributed by atoms with E-state index >= 15 is 0 Å². The molecule has 0 radical (unpaired) electrons. The van der Waals surface area contributed by atoms with E-state index in [0.29, 0.717) is 16.1 Å². The molecule has 164 valence electrons. The first-order valence-electron chi connectivity index (χ1n) is 9.56. The average molecular weight is 455 g/mol. The van der Waals surface area contributed by atoms with Crippen molar-refractivity contribution in [2.24, 2.45) is 0 Å². The summed E-state index contributed by atoms with van der Waals surface area (Å²) in [6.45, 7) is -0.849. The first-order chi connectivity index (χ1) is 15.4. The smallest absolute Gasteiger partial charge is 0.326 e. The molecule has 0 saturated carbocycles. The van der Waals surface area contributed by atoms with Crippen LogP contribution in [0.1, 0.15) is 32.6 Å². The van der Waals surface area contributed by atoms with E-state index in [1.54, 1.807) is 60.7 Å². The fourth-order valence-electron chi connectivity index (χ4n) is 2.73. The molecule has 2 amide bonds. The van der Waals surface area contributed by atoms with Crippen LogP contribution in [-0.4, -0.2) is 36.7 Å². The molecule has 1 aromatic heterocycles. The molecule has 0 bridgehead atoms. The van der Waals surface area contributed by atoms with Crippen LogP contribution in [0.2, 0.25) is 5.02 Å². The van der Waals surface area contributed by atoms with E-state index < -0.39 is 36.2 Å². The molecular formula is C23H19ClN2O6. The molecule has 0 unspecified atom stereocenters. The van der Waals surface area contributed by atoms with Crippen molar-refractivity contribution in [2.45, 2.75) is 6.10 Å². The number of halogens is 1. The standard InChI is InChI=1S/C23H19ClN2O6/c24-17-10-8-16(9-11-17)22(21(29)15-5-2-1-3-6-15)32-20(28)14-25-19(27)13-26-23(30)18-7-4-12-31-18/h1-12,22H,13-14H2,(H,25,27)(H,26,30)/t22-/m0/s1. The molecule has 1 heterocycles. The van der Waals surface area contributed by atoms with E-state index in [0.717, 1.165) is 0 Å². The Labute approximate surface area is 188 Å². The first-order valence-corrected chi connectivity index (χ1v) is 9.94. The molecule has 3 rings (SSSR count). The van der Waals surface area contributed by atoms with E-state index in [-0.39, 0.29) is 12.3 Å². The number of carbonyl (C=O) groups is 4. The summed E-state index contributed by atoms with van der Waals surface area (Å²) in [5.41, 5.74) is 0.804. The Balaban J connectivity index is 1.58. The van der Waals surface area contributed by atoms with Gasteiger partial charge in [-0.2, -0.15) is 0 Å². The van der Waals surface area contributed by atoms with E-state index in [2.05, 4.69) is 10.6 Å². The van der Waals surface area contributed by atoms with Gasteiger partial charge in [0, 0.05) is 16.1 Å². The Hall–Kier alpha value is -3.91. The van der Waals surface area contributed by atoms with Crippen molar-refractivity contribution in [3.05, 3.63) is 94.9 Å². The molecule has 0 saturated heterocycles. The summed E-state index contributed by atoms with van der Waals surface area (Å²) in [5.74, 6) is -2.36. The van der Waals surface area contributed by atoms with Gasteiger partial charge in [-0.05, 0) is 24.3 Å². The maximum absolute atomic E-state index is 12.9. The SMILES string of the molecule is O=C(CNC(=O)c1ccco1)NCC(=O)O[C@H](C(=O)c1ccccc1)c1ccc(Cl)cc1. The van der Waals surface area contributed by atoms with Gasteiger partial charge >= 0.3 is 5.97 Å². The lowest BCUT2D eigenvalue weighted by Crippen LogP contribution is -2.39. The van der Waals surface area contributed by atoms with Gasteiger partial charge < -0.3 is 19.8 Å². The minimum Gasteiger partial charge on any atom is -0.459 e. The summed E-state index contributed by atoms with van der Waals surface area (Å²) in [6, 6.07) is 17.7. The number of Topliss-reactive ketones (excluding diaryl/α,β-unsaturated/α-hetero) is 1. The van der Waals surface area contributed by atoms with Crippen LogP contribution < -0.4 is 10.6 Å². The van der Waals surface area contributed by atoms with Crippen LogP contribution in [0.15, 0.2) is 77.4 Å². The van der Waals surface area contributed by atoms with Gasteiger partial charge in [0.05, 0.1) is 12.8 Å². The predicted octanol–water partition coefficient (Wildman–Crippen LogP) is 2.95. The minimum absolute atomic E-state index is 0.0578. The first kappa shape index (κ1) is 22.8. The third-order valence-electron chi connectivity index (χ3n) is 4.30. The van der Waals surface area contributed by atoms with E-state index in [4.69, 9.17) is 20.8 Å². The summed E-state index contributed by atoms with van der Waals surface area (Å²) in [4.78, 5) is 49.0. The zero-order chi connectivity index (χ0) is 22.9. The zero-order valence-electron chi connectivity index (χ0n) is 16.7. The molecule has 3 aromatic rings. The van der Waals surface area contributed by atoms with Crippen molar-refractivity contribution in [3.63, 3.8) is 0 Å². The van der Waals surface area contributed by atoms with Crippen molar-refractivity contribution in [1.82, 2.24) is 10.6 Å². The molecule has 0 aliphatic carbocycles. The van der Waals surface area contributed by atoms with E-state index in [1.165, 1.54) is 12.3 Å². The summed E-state index contributed by atoms with van der Waals surface area (Å²) in [7, 11) is 0. The Morgan fingerprint density at radius 1 is 0.875 bits per heavy atom. The topological polar surface area (TPSA) is 115 Å². The molecular weight excluding hydrogens is 436 g/mol. The van der Waals surface area contributed by atoms with Crippen molar-refractivity contribution in [1.29, 1.82) is 0 Å². The number of ether oxygens (including phenoxy) is 1. The highest BCUT2D eigenvalue weighted by Gasteiger charge is 2.26. The summed E-state index contributed by atoms with van der Waals surface area (Å²) >= 11 is 5.91. The lowest BCUT2D eigenvalue weighted by Gasteiger charge is -2.18. The average Bonchev–Trinajstić information content (AvgIpc) is 3.35. The van der Waals surface area contributed by atoms with Crippen molar-refractivity contribution >= 4 is 35.2 Å². The third kappa shape index (κ3) is 6.29. The second kappa shape index (κ2) is 10.9. The quantitative estimate of drug-likeness (QED) is 0.379. The third-order valence-corrected chi connectivity index (χ3v) is 4.55. The molecule has 2 N–H and O–H groups in total. The van der Waals surface area contributed by atoms with Crippen LogP contribution in [0.4, 0.5) is 0 Å². The molecule has 1 atom stereocenters. The number of nitrogens with one attached hydrogen (secondary N) is 2. The number of furan rings is 1. The fraction of sp³-hybridized carbons (Fsp3) is 0.130. The Morgan fingerprint density at radius 3 is 2.25 bits per heavy atom. The monoisotopic (exact) mass is 454 g/mol. The van der Waals surface area contributed by atoms with E-state index in [9.17, 15) is 19.2 Å². The molecule has 9 heteroatoms. The zero-order valence-corrected chi connectivity index (χ0v) is 17.5. The number of esters is 1. The number of carbonyl (C=O) groups excluding carboxylic acids is 4. The molecule has 0 spiro atoms. The van der Waals surface area contributed by atoms with Gasteiger partial charge in [0.25, 0.3) is 5.91 Å².